The molecule has 1 aliphatic rings. The molecule has 1 N–H and O–H groups in total. The van der Waals surface area contributed by atoms with E-state index in [1.54, 1.807) is 18.2 Å². The van der Waals surface area contributed by atoms with Gasteiger partial charge in [0.15, 0.2) is 5.75 Å². The van der Waals surface area contributed by atoms with E-state index in [4.69, 9.17) is 4.74 Å². The number of ether oxygens (including phenoxy) is 1. The maximum Gasteiger partial charge on any atom is 0.224 e. The predicted octanol–water partition coefficient (Wildman–Crippen LogP) is 1.68. The van der Waals surface area contributed by atoms with E-state index >= 15 is 0 Å². The molecule has 14 heavy (non-hydrogen) atoms. The molecule has 1 aromatic rings. The minimum absolute atomic E-state index is 0.169. The molecule has 0 heterocycles. The molecule has 0 amide bonds. The zero-order valence-electron chi connectivity index (χ0n) is 7.77. The topological polar surface area (TPSA) is 46.5 Å². The van der Waals surface area contributed by atoms with Crippen LogP contribution in [-0.4, -0.2) is 11.2 Å². The fraction of sp³-hybridized carbons (Fsp3) is 0.364. The maximum absolute atomic E-state index is 11.2. The lowest BCUT2D eigenvalue weighted by Crippen LogP contribution is -2.24. The molecule has 0 spiro atoms. The summed E-state index contributed by atoms with van der Waals surface area (Å²) < 4.78 is 5.47. The van der Waals surface area contributed by atoms with E-state index in [-0.39, 0.29) is 11.9 Å². The number of rotatable bonds is 2. The summed E-state index contributed by atoms with van der Waals surface area (Å²) in [6, 6.07) is 6.23. The molecule has 3 nitrogen and oxygen atoms in total. The third-order valence-electron chi connectivity index (χ3n) is 2.42. The van der Waals surface area contributed by atoms with Crippen LogP contribution in [0, 0.1) is 0 Å². The fourth-order valence-corrected chi connectivity index (χ4v) is 1.33. The molecule has 0 saturated heterocycles. The first kappa shape index (κ1) is 9.06. The lowest BCUT2D eigenvalue weighted by atomic mass is 9.96. The normalized spacial score (nSPS) is 16.0. The summed E-state index contributed by atoms with van der Waals surface area (Å²) in [4.78, 5) is 11.2. The summed E-state index contributed by atoms with van der Waals surface area (Å²) in [6.45, 7) is 0. The Morgan fingerprint density at radius 1 is 1.29 bits per heavy atom. The van der Waals surface area contributed by atoms with Crippen molar-refractivity contribution in [3.8, 4) is 11.5 Å². The van der Waals surface area contributed by atoms with Gasteiger partial charge in [0.05, 0.1) is 6.10 Å². The second kappa shape index (κ2) is 3.70. The second-order valence-corrected chi connectivity index (χ2v) is 3.47. The van der Waals surface area contributed by atoms with Crippen LogP contribution in [0.25, 0.3) is 0 Å². The second-order valence-electron chi connectivity index (χ2n) is 3.47. The van der Waals surface area contributed by atoms with Gasteiger partial charge >= 0.3 is 0 Å². The Labute approximate surface area is 82.0 Å². The van der Waals surface area contributed by atoms with Gasteiger partial charge in [-0.15, -0.1) is 0 Å². The summed E-state index contributed by atoms with van der Waals surface area (Å²) >= 11 is 0. The highest BCUT2D eigenvalue weighted by Gasteiger charge is 2.20. The molecule has 74 valence electrons. The Balaban J connectivity index is 2.28. The summed E-state index contributed by atoms with van der Waals surface area (Å²) in [5, 5.41) is 9.49. The molecule has 2 rings (SSSR count). The highest BCUT2D eigenvalue weighted by atomic mass is 16.5. The molecule has 0 unspecified atom stereocenters. The largest absolute Gasteiger partial charge is 0.502 e. The average Bonchev–Trinajstić information content (AvgIpc) is 2.25. The molecule has 0 aromatic heterocycles. The van der Waals surface area contributed by atoms with Crippen molar-refractivity contribution in [2.45, 2.75) is 25.4 Å². The predicted molar refractivity (Wildman–Crippen MR) is 52.6 cm³/mol. The summed E-state index contributed by atoms with van der Waals surface area (Å²) in [5.74, 6) is 0.00611. The Morgan fingerprint density at radius 2 is 2.00 bits per heavy atom. The first-order valence-electron chi connectivity index (χ1n) is 4.76. The third-order valence-corrected chi connectivity index (χ3v) is 2.42. The fourth-order valence-electron chi connectivity index (χ4n) is 1.33. The molecule has 1 aromatic carbocycles. The van der Waals surface area contributed by atoms with Gasteiger partial charge in [0.1, 0.15) is 0 Å². The molecule has 1 saturated carbocycles. The lowest BCUT2D eigenvalue weighted by molar-refractivity contribution is 0.116. The smallest absolute Gasteiger partial charge is 0.224 e. The SMILES string of the molecule is O=c1ccccc(OC2CCC2)c1O. The summed E-state index contributed by atoms with van der Waals surface area (Å²) in [5.41, 5.74) is -0.399. The minimum Gasteiger partial charge on any atom is -0.502 e. The van der Waals surface area contributed by atoms with Crippen molar-refractivity contribution >= 4 is 0 Å². The zero-order valence-corrected chi connectivity index (χ0v) is 7.77. The molecule has 1 aliphatic carbocycles. The zero-order chi connectivity index (χ0) is 9.97. The van der Waals surface area contributed by atoms with E-state index < -0.39 is 5.43 Å². The Bertz CT molecular complexity index is 383. The molecular formula is C11H12O3. The van der Waals surface area contributed by atoms with Crippen LogP contribution in [0.4, 0.5) is 0 Å². The lowest BCUT2D eigenvalue weighted by Gasteiger charge is -2.26. The monoisotopic (exact) mass is 192 g/mol. The van der Waals surface area contributed by atoms with Crippen molar-refractivity contribution in [2.75, 3.05) is 0 Å². The standard InChI is InChI=1S/C11H12O3/c12-9-6-1-2-7-10(11(9)13)14-8-4-3-5-8/h1-2,6-8H,3-5H2,(H,12,13). The molecule has 0 aliphatic heterocycles. The van der Waals surface area contributed by atoms with Crippen molar-refractivity contribution in [2.24, 2.45) is 0 Å². The van der Waals surface area contributed by atoms with Gasteiger partial charge in [0, 0.05) is 0 Å². The van der Waals surface area contributed by atoms with Crippen molar-refractivity contribution in [1.29, 1.82) is 0 Å². The summed E-state index contributed by atoms with van der Waals surface area (Å²) in [6.07, 6.45) is 3.34. The van der Waals surface area contributed by atoms with E-state index in [1.165, 1.54) is 6.07 Å². The molecule has 1 fully saturated rings. The number of hydrogen-bond acceptors (Lipinski definition) is 3. The average molecular weight is 192 g/mol. The third kappa shape index (κ3) is 1.71. The van der Waals surface area contributed by atoms with Crippen molar-refractivity contribution in [1.82, 2.24) is 0 Å². The highest BCUT2D eigenvalue weighted by molar-refractivity contribution is 5.37. The minimum atomic E-state index is -0.399. The molecule has 0 radical (unpaired) electrons. The Kier molecular flexibility index (Phi) is 2.39. The van der Waals surface area contributed by atoms with Crippen LogP contribution in [0.5, 0.6) is 11.5 Å². The maximum atomic E-state index is 11.2. The van der Waals surface area contributed by atoms with E-state index in [9.17, 15) is 9.90 Å². The van der Waals surface area contributed by atoms with Crippen molar-refractivity contribution < 1.29 is 9.84 Å². The molecule has 0 atom stereocenters. The van der Waals surface area contributed by atoms with Gasteiger partial charge in [-0.1, -0.05) is 12.1 Å². The quantitative estimate of drug-likeness (QED) is 0.775. The van der Waals surface area contributed by atoms with Gasteiger partial charge in [-0.25, -0.2) is 0 Å². The van der Waals surface area contributed by atoms with Gasteiger partial charge in [0.25, 0.3) is 0 Å². The molecule has 3 heteroatoms. The molecular weight excluding hydrogens is 180 g/mol. The van der Waals surface area contributed by atoms with E-state index in [1.807, 2.05) is 0 Å². The van der Waals surface area contributed by atoms with Crippen LogP contribution in [0.3, 0.4) is 0 Å². The number of hydrogen-bond donors (Lipinski definition) is 1. The van der Waals surface area contributed by atoms with Gasteiger partial charge in [-0.3, -0.25) is 4.79 Å². The van der Waals surface area contributed by atoms with Gasteiger partial charge in [-0.05, 0) is 31.4 Å². The van der Waals surface area contributed by atoms with Crippen LogP contribution >= 0.6 is 0 Å². The highest BCUT2D eigenvalue weighted by Crippen LogP contribution is 2.28. The Morgan fingerprint density at radius 3 is 2.64 bits per heavy atom. The molecule has 0 bridgehead atoms. The van der Waals surface area contributed by atoms with Crippen LogP contribution in [0.2, 0.25) is 0 Å². The van der Waals surface area contributed by atoms with Crippen molar-refractivity contribution in [3.05, 3.63) is 34.5 Å². The van der Waals surface area contributed by atoms with Crippen LogP contribution in [0.15, 0.2) is 29.1 Å². The number of aromatic hydroxyl groups is 1. The van der Waals surface area contributed by atoms with Gasteiger partial charge in [0.2, 0.25) is 11.2 Å². The van der Waals surface area contributed by atoms with Gasteiger partial charge < -0.3 is 9.84 Å². The first-order chi connectivity index (χ1) is 6.77. The van der Waals surface area contributed by atoms with E-state index in [0.29, 0.717) is 5.75 Å². The first-order valence-corrected chi connectivity index (χ1v) is 4.76. The van der Waals surface area contributed by atoms with Crippen LogP contribution in [-0.2, 0) is 0 Å². The van der Waals surface area contributed by atoms with Crippen LogP contribution < -0.4 is 10.2 Å². The van der Waals surface area contributed by atoms with Gasteiger partial charge in [-0.2, -0.15) is 0 Å². The Hall–Kier alpha value is -1.51. The summed E-state index contributed by atoms with van der Waals surface area (Å²) in [7, 11) is 0. The van der Waals surface area contributed by atoms with E-state index in [0.717, 1.165) is 19.3 Å². The van der Waals surface area contributed by atoms with E-state index in [2.05, 4.69) is 0 Å². The van der Waals surface area contributed by atoms with Crippen LogP contribution in [0.1, 0.15) is 19.3 Å². The van der Waals surface area contributed by atoms with Crippen molar-refractivity contribution in [3.63, 3.8) is 0 Å².